The Hall–Kier alpha value is -4.82. The summed E-state index contributed by atoms with van der Waals surface area (Å²) in [6.45, 7) is -0.303. The maximum atomic E-state index is 13.8. The Morgan fingerprint density at radius 1 is 1.00 bits per heavy atom. The zero-order valence-electron chi connectivity index (χ0n) is 21.3. The number of H-pyrrole nitrogens is 1. The summed E-state index contributed by atoms with van der Waals surface area (Å²) in [5.74, 6) is -2.89. The first-order valence-corrected chi connectivity index (χ1v) is 14.2. The minimum absolute atomic E-state index is 0.169. The third kappa shape index (κ3) is 5.05. The van der Waals surface area contributed by atoms with E-state index in [4.69, 9.17) is 4.74 Å². The molecule has 3 atom stereocenters. The number of aromatic nitrogens is 1. The van der Waals surface area contributed by atoms with E-state index in [9.17, 15) is 33.7 Å². The van der Waals surface area contributed by atoms with Crippen LogP contribution < -0.4 is 19.8 Å². The summed E-state index contributed by atoms with van der Waals surface area (Å²) in [6, 6.07) is 17.2. The van der Waals surface area contributed by atoms with Crippen molar-refractivity contribution in [1.82, 2.24) is 4.98 Å². The number of amides is 3. The molecule has 1 fully saturated rings. The summed E-state index contributed by atoms with van der Waals surface area (Å²) in [4.78, 5) is 66.4. The number of imide groups is 1. The van der Waals surface area contributed by atoms with Gasteiger partial charge in [-0.15, -0.1) is 0 Å². The summed E-state index contributed by atoms with van der Waals surface area (Å²) < 4.78 is 18.7. The van der Waals surface area contributed by atoms with E-state index in [0.29, 0.717) is 26.9 Å². The lowest BCUT2D eigenvalue weighted by atomic mass is 9.83. The Balaban J connectivity index is 1.24. The highest BCUT2D eigenvalue weighted by molar-refractivity contribution is 8.00. The van der Waals surface area contributed by atoms with Crippen LogP contribution in [0, 0.1) is 21.8 Å². The quantitative estimate of drug-likeness (QED) is 0.180. The van der Waals surface area contributed by atoms with Gasteiger partial charge in [0.1, 0.15) is 16.8 Å². The number of thiazole rings is 1. The number of hydrogen-bond donors (Lipinski definition) is 2. The molecule has 14 heteroatoms. The number of rotatable bonds is 7. The monoisotopic (exact) mass is 606 g/mol. The van der Waals surface area contributed by atoms with Crippen molar-refractivity contribution in [3.05, 3.63) is 109 Å². The summed E-state index contributed by atoms with van der Waals surface area (Å²) in [5.41, 5.74) is 1.14. The van der Waals surface area contributed by atoms with Gasteiger partial charge < -0.3 is 15.0 Å². The molecule has 212 valence electrons. The number of nitrogens with one attached hydrogen (secondary N) is 2. The number of nitrogens with zero attached hydrogens (tertiary/aromatic N) is 2. The average Bonchev–Trinajstić information content (AvgIpc) is 3.47. The second-order valence-corrected chi connectivity index (χ2v) is 11.6. The number of non-ortho nitro benzene ring substituents is 1. The predicted molar refractivity (Wildman–Crippen MR) is 152 cm³/mol. The molecule has 42 heavy (non-hydrogen) atoms. The first-order valence-electron chi connectivity index (χ1n) is 12.5. The zero-order chi connectivity index (χ0) is 29.5. The topological polar surface area (TPSA) is 152 Å². The number of benzene rings is 3. The van der Waals surface area contributed by atoms with Gasteiger partial charge in [-0.05, 0) is 54.1 Å². The van der Waals surface area contributed by atoms with Crippen molar-refractivity contribution in [1.29, 1.82) is 0 Å². The van der Waals surface area contributed by atoms with Crippen LogP contribution in [-0.2, 0) is 14.4 Å². The molecule has 1 saturated heterocycles. The molecule has 0 aliphatic carbocycles. The largest absolute Gasteiger partial charge is 0.484 e. The molecule has 3 aromatic carbocycles. The van der Waals surface area contributed by atoms with Gasteiger partial charge in [0.15, 0.2) is 6.61 Å². The number of thioether (sulfide) groups is 1. The van der Waals surface area contributed by atoms with Crippen LogP contribution in [0.1, 0.15) is 16.4 Å². The van der Waals surface area contributed by atoms with E-state index in [1.165, 1.54) is 48.5 Å². The van der Waals surface area contributed by atoms with E-state index in [1.54, 1.807) is 24.3 Å². The summed E-state index contributed by atoms with van der Waals surface area (Å²) in [6.07, 6.45) is 0. The number of aromatic amines is 1. The molecule has 0 saturated carbocycles. The molecule has 11 nitrogen and oxygen atoms in total. The summed E-state index contributed by atoms with van der Waals surface area (Å²) in [5, 5.41) is 13.4. The molecule has 2 aliphatic rings. The predicted octanol–water partition coefficient (Wildman–Crippen LogP) is 4.30. The van der Waals surface area contributed by atoms with Crippen LogP contribution in [0.15, 0.2) is 82.6 Å². The number of hydrogen-bond acceptors (Lipinski definition) is 9. The average molecular weight is 607 g/mol. The number of carbonyl (C=O) groups is 3. The second kappa shape index (κ2) is 10.9. The molecule has 1 aromatic heterocycles. The van der Waals surface area contributed by atoms with Crippen molar-refractivity contribution in [2.75, 3.05) is 16.8 Å². The first-order chi connectivity index (χ1) is 20.2. The highest BCUT2D eigenvalue weighted by Crippen LogP contribution is 2.53. The molecule has 3 amide bonds. The van der Waals surface area contributed by atoms with Gasteiger partial charge in [-0.3, -0.25) is 29.3 Å². The van der Waals surface area contributed by atoms with Gasteiger partial charge in [0, 0.05) is 28.6 Å². The van der Waals surface area contributed by atoms with Crippen LogP contribution in [-0.4, -0.2) is 39.5 Å². The fourth-order valence-corrected chi connectivity index (χ4v) is 7.52. The van der Waals surface area contributed by atoms with Crippen molar-refractivity contribution in [3.8, 4) is 5.75 Å². The Morgan fingerprint density at radius 2 is 1.69 bits per heavy atom. The van der Waals surface area contributed by atoms with E-state index in [0.717, 1.165) is 28.0 Å². The third-order valence-corrected chi connectivity index (χ3v) is 9.28. The van der Waals surface area contributed by atoms with Crippen molar-refractivity contribution in [2.45, 2.75) is 16.2 Å². The fraction of sp³-hybridized carbons (Fsp3) is 0.143. The Morgan fingerprint density at radius 3 is 2.36 bits per heavy atom. The van der Waals surface area contributed by atoms with Gasteiger partial charge in [0.25, 0.3) is 11.6 Å². The van der Waals surface area contributed by atoms with Crippen molar-refractivity contribution < 1.29 is 28.4 Å². The Labute approximate surface area is 244 Å². The normalized spacial score (nSPS) is 19.3. The molecule has 2 aliphatic heterocycles. The number of anilines is 2. The van der Waals surface area contributed by atoms with E-state index in [2.05, 4.69) is 10.3 Å². The van der Waals surface area contributed by atoms with Gasteiger partial charge in [-0.1, -0.05) is 35.2 Å². The number of nitro groups is 1. The van der Waals surface area contributed by atoms with Crippen molar-refractivity contribution >= 4 is 57.9 Å². The molecule has 3 heterocycles. The van der Waals surface area contributed by atoms with Gasteiger partial charge in [0.05, 0.1) is 21.6 Å². The SMILES string of the molecule is O=C(COc1ccc(C2c3sc(=O)[nH]c3SC3C(=O)N(c4ccc([N+](=O)[O-])cc4)C(=O)C32)cc1)Nc1ccc(F)cc1. The van der Waals surface area contributed by atoms with E-state index in [1.807, 2.05) is 0 Å². The molecule has 3 unspecified atom stereocenters. The minimum atomic E-state index is -0.829. The summed E-state index contributed by atoms with van der Waals surface area (Å²) >= 11 is 2.10. The maximum Gasteiger partial charge on any atom is 0.305 e. The summed E-state index contributed by atoms with van der Waals surface area (Å²) in [7, 11) is 0. The Bertz CT molecular complexity index is 1770. The number of carbonyl (C=O) groups excluding carboxylic acids is 3. The number of fused-ring (bicyclic) bond motifs is 2. The van der Waals surface area contributed by atoms with E-state index >= 15 is 0 Å². The second-order valence-electron chi connectivity index (χ2n) is 9.45. The fourth-order valence-electron chi connectivity index (χ4n) is 5.00. The van der Waals surface area contributed by atoms with Crippen LogP contribution in [0.5, 0.6) is 5.75 Å². The number of nitro benzene ring substituents is 1. The van der Waals surface area contributed by atoms with Gasteiger partial charge >= 0.3 is 4.87 Å². The van der Waals surface area contributed by atoms with E-state index in [-0.39, 0.29) is 22.9 Å². The van der Waals surface area contributed by atoms with Gasteiger partial charge in [0.2, 0.25) is 11.8 Å². The van der Waals surface area contributed by atoms with Crippen LogP contribution in [0.2, 0.25) is 0 Å². The lowest BCUT2D eigenvalue weighted by molar-refractivity contribution is -0.384. The molecular weight excluding hydrogens is 587 g/mol. The van der Waals surface area contributed by atoms with Gasteiger partial charge in [-0.25, -0.2) is 9.29 Å². The molecule has 0 bridgehead atoms. The third-order valence-electron chi connectivity index (χ3n) is 6.88. The number of halogens is 1. The molecule has 2 N–H and O–H groups in total. The van der Waals surface area contributed by atoms with Gasteiger partial charge in [-0.2, -0.15) is 0 Å². The molecular formula is C28H19FN4O7S2. The lowest BCUT2D eigenvalue weighted by Gasteiger charge is -2.29. The minimum Gasteiger partial charge on any atom is -0.484 e. The smallest absolute Gasteiger partial charge is 0.305 e. The lowest BCUT2D eigenvalue weighted by Crippen LogP contribution is -2.32. The maximum absolute atomic E-state index is 13.8. The molecule has 0 spiro atoms. The Kier molecular flexibility index (Phi) is 7.08. The van der Waals surface area contributed by atoms with E-state index < -0.39 is 45.5 Å². The van der Waals surface area contributed by atoms with Crippen LogP contribution in [0.4, 0.5) is 21.5 Å². The first kappa shape index (κ1) is 27.4. The molecule has 0 radical (unpaired) electrons. The molecule has 4 aromatic rings. The number of ether oxygens (including phenoxy) is 1. The molecule has 6 rings (SSSR count). The van der Waals surface area contributed by atoms with Crippen molar-refractivity contribution in [2.24, 2.45) is 5.92 Å². The van der Waals surface area contributed by atoms with Crippen LogP contribution in [0.25, 0.3) is 0 Å². The van der Waals surface area contributed by atoms with Crippen LogP contribution in [0.3, 0.4) is 0 Å². The zero-order valence-corrected chi connectivity index (χ0v) is 22.9. The standard InChI is InChI=1S/C28H19FN4O7S2/c29-15-3-5-16(6-4-15)30-20(34)13-40-19-11-1-14(2-12-19)21-22-24(41-25-23(21)42-28(37)31-25)27(36)32(26(22)35)17-7-9-18(10-8-17)33(38)39/h1-12,21-22,24H,13H2,(H,30,34)(H,31,37). The highest BCUT2D eigenvalue weighted by Gasteiger charge is 2.56. The van der Waals surface area contributed by atoms with Crippen LogP contribution >= 0.6 is 23.1 Å². The van der Waals surface area contributed by atoms with Crippen molar-refractivity contribution in [3.63, 3.8) is 0 Å². The highest BCUT2D eigenvalue weighted by atomic mass is 32.2.